The summed E-state index contributed by atoms with van der Waals surface area (Å²) in [6, 6.07) is 7.20. The van der Waals surface area contributed by atoms with Gasteiger partial charge in [0.1, 0.15) is 5.75 Å². The van der Waals surface area contributed by atoms with Crippen molar-refractivity contribution < 1.29 is 10.2 Å². The minimum absolute atomic E-state index is 0. The lowest BCUT2D eigenvalue weighted by Gasteiger charge is -2.00. The second-order valence-electron chi connectivity index (χ2n) is 2.46. The predicted octanol–water partition coefficient (Wildman–Crippen LogP) is 1.48. The van der Waals surface area contributed by atoms with Gasteiger partial charge < -0.3 is 16.4 Å². The molecule has 0 unspecified atom stereocenters. The van der Waals surface area contributed by atoms with Crippen LogP contribution in [-0.4, -0.2) is 16.8 Å². The molecule has 0 radical (unpaired) electrons. The molecule has 1 rings (SSSR count). The van der Waals surface area contributed by atoms with Crippen LogP contribution in [0.4, 0.5) is 0 Å². The highest BCUT2D eigenvalue weighted by molar-refractivity contribution is 5.31. The maximum Gasteiger partial charge on any atom is 0.118 e. The Morgan fingerprint density at radius 1 is 1.17 bits per heavy atom. The Morgan fingerprint density at radius 3 is 2.42 bits per heavy atom. The minimum atomic E-state index is 0. The topological polar surface area (TPSA) is 75.5 Å². The summed E-state index contributed by atoms with van der Waals surface area (Å²) in [4.78, 5) is 0. The van der Waals surface area contributed by atoms with E-state index >= 15 is 0 Å². The normalized spacial score (nSPS) is 9.08. The largest absolute Gasteiger partial charge is 0.508 e. The number of hydrogen-bond donors (Lipinski definition) is 3. The molecule has 1 aromatic rings. The Bertz CT molecular complexity index is 226. The number of aliphatic hydroxyl groups is 1. The average Bonchev–Trinajstić information content (AvgIpc) is 2.03. The first-order valence-electron chi connectivity index (χ1n) is 3.72. The number of aliphatic hydroxyl groups excluding tert-OH is 1. The average molecular weight is 169 g/mol. The van der Waals surface area contributed by atoms with Crippen LogP contribution in [0.2, 0.25) is 0 Å². The Labute approximate surface area is 72.3 Å². The fraction of sp³-hybridized carbons (Fsp3) is 0.333. The second kappa shape index (κ2) is 5.57. The molecule has 0 aromatic heterocycles. The Hall–Kier alpha value is -1.06. The molecule has 12 heavy (non-hydrogen) atoms. The summed E-state index contributed by atoms with van der Waals surface area (Å²) >= 11 is 0. The molecule has 0 fully saturated rings. The van der Waals surface area contributed by atoms with Gasteiger partial charge in [0.2, 0.25) is 0 Å². The highest BCUT2D eigenvalue weighted by Crippen LogP contribution is 2.16. The van der Waals surface area contributed by atoms with E-state index in [1.54, 1.807) is 12.1 Å². The quantitative estimate of drug-likeness (QED) is 0.641. The molecule has 1 aromatic carbocycles. The zero-order valence-electron chi connectivity index (χ0n) is 7.03. The van der Waals surface area contributed by atoms with Crippen LogP contribution in [0.15, 0.2) is 24.3 Å². The lowest BCUT2D eigenvalue weighted by atomic mass is 10.1. The SMILES string of the molecule is N.OCCCc1ccccc1O. The number of phenolic OH excluding ortho intramolecular Hbond substituents is 1. The summed E-state index contributed by atoms with van der Waals surface area (Å²) in [7, 11) is 0. The number of aryl methyl sites for hydroxylation is 1. The van der Waals surface area contributed by atoms with Gasteiger partial charge in [-0.15, -0.1) is 0 Å². The van der Waals surface area contributed by atoms with Crippen LogP contribution in [0.5, 0.6) is 5.75 Å². The Balaban J connectivity index is 0.00000121. The van der Waals surface area contributed by atoms with E-state index in [2.05, 4.69) is 0 Å². The third-order valence-corrected chi connectivity index (χ3v) is 1.60. The summed E-state index contributed by atoms with van der Waals surface area (Å²) in [6.07, 6.45) is 1.45. The number of aromatic hydroxyl groups is 1. The summed E-state index contributed by atoms with van der Waals surface area (Å²) in [5.41, 5.74) is 0.904. The van der Waals surface area contributed by atoms with Crippen molar-refractivity contribution in [2.24, 2.45) is 0 Å². The molecule has 0 atom stereocenters. The highest BCUT2D eigenvalue weighted by Gasteiger charge is 1.96. The Morgan fingerprint density at radius 2 is 1.83 bits per heavy atom. The smallest absolute Gasteiger partial charge is 0.118 e. The van der Waals surface area contributed by atoms with Gasteiger partial charge in [0.15, 0.2) is 0 Å². The molecular weight excluding hydrogens is 154 g/mol. The van der Waals surface area contributed by atoms with Crippen molar-refractivity contribution in [2.75, 3.05) is 6.61 Å². The molecule has 0 aliphatic rings. The highest BCUT2D eigenvalue weighted by atomic mass is 16.3. The molecule has 0 heterocycles. The Kier molecular flexibility index (Phi) is 5.08. The first kappa shape index (κ1) is 10.9. The molecule has 0 aliphatic carbocycles. The zero-order chi connectivity index (χ0) is 8.10. The molecule has 0 saturated heterocycles. The van der Waals surface area contributed by atoms with Gasteiger partial charge in [-0.25, -0.2) is 0 Å². The fourth-order valence-corrected chi connectivity index (χ4v) is 0.992. The van der Waals surface area contributed by atoms with Crippen molar-refractivity contribution >= 4 is 0 Å². The predicted molar refractivity (Wildman–Crippen MR) is 48.5 cm³/mol. The van der Waals surface area contributed by atoms with E-state index in [1.165, 1.54) is 0 Å². The third kappa shape index (κ3) is 2.90. The number of para-hydroxylation sites is 1. The van der Waals surface area contributed by atoms with Crippen molar-refractivity contribution in [3.05, 3.63) is 29.8 Å². The fourth-order valence-electron chi connectivity index (χ4n) is 0.992. The summed E-state index contributed by atoms with van der Waals surface area (Å²) in [5.74, 6) is 0.320. The van der Waals surface area contributed by atoms with Crippen molar-refractivity contribution in [2.45, 2.75) is 12.8 Å². The van der Waals surface area contributed by atoms with Crippen LogP contribution in [-0.2, 0) is 6.42 Å². The number of phenols is 1. The van der Waals surface area contributed by atoms with E-state index in [4.69, 9.17) is 5.11 Å². The molecule has 3 nitrogen and oxygen atoms in total. The van der Waals surface area contributed by atoms with Crippen LogP contribution in [0.3, 0.4) is 0 Å². The molecule has 68 valence electrons. The molecule has 0 bridgehead atoms. The third-order valence-electron chi connectivity index (χ3n) is 1.60. The van der Waals surface area contributed by atoms with Crippen LogP contribution >= 0.6 is 0 Å². The van der Waals surface area contributed by atoms with E-state index in [1.807, 2.05) is 12.1 Å². The van der Waals surface area contributed by atoms with E-state index in [-0.39, 0.29) is 12.8 Å². The monoisotopic (exact) mass is 169 g/mol. The van der Waals surface area contributed by atoms with E-state index in [9.17, 15) is 5.11 Å². The minimum Gasteiger partial charge on any atom is -0.508 e. The summed E-state index contributed by atoms with van der Waals surface area (Å²) in [6.45, 7) is 0.175. The van der Waals surface area contributed by atoms with Crippen molar-refractivity contribution in [1.82, 2.24) is 6.15 Å². The molecule has 0 saturated carbocycles. The zero-order valence-corrected chi connectivity index (χ0v) is 7.03. The lowest BCUT2D eigenvalue weighted by Crippen LogP contribution is -1.89. The van der Waals surface area contributed by atoms with Gasteiger partial charge in [0, 0.05) is 6.61 Å². The molecule has 0 spiro atoms. The first-order valence-corrected chi connectivity index (χ1v) is 3.72. The van der Waals surface area contributed by atoms with Gasteiger partial charge in [-0.05, 0) is 24.5 Å². The molecular formula is C9H15NO2. The van der Waals surface area contributed by atoms with Crippen LogP contribution in [0.25, 0.3) is 0 Å². The van der Waals surface area contributed by atoms with Gasteiger partial charge in [-0.3, -0.25) is 0 Å². The van der Waals surface area contributed by atoms with E-state index in [0.29, 0.717) is 12.2 Å². The van der Waals surface area contributed by atoms with E-state index in [0.717, 1.165) is 12.0 Å². The van der Waals surface area contributed by atoms with Crippen molar-refractivity contribution in [1.29, 1.82) is 0 Å². The maximum absolute atomic E-state index is 9.26. The molecule has 3 heteroatoms. The number of benzene rings is 1. The van der Waals surface area contributed by atoms with Gasteiger partial charge in [-0.2, -0.15) is 0 Å². The summed E-state index contributed by atoms with van der Waals surface area (Å²) < 4.78 is 0. The van der Waals surface area contributed by atoms with E-state index < -0.39 is 0 Å². The van der Waals surface area contributed by atoms with Crippen molar-refractivity contribution in [3.8, 4) is 5.75 Å². The van der Waals surface area contributed by atoms with Gasteiger partial charge in [0.25, 0.3) is 0 Å². The lowest BCUT2D eigenvalue weighted by molar-refractivity contribution is 0.288. The van der Waals surface area contributed by atoms with Crippen LogP contribution < -0.4 is 6.15 Å². The molecule has 5 N–H and O–H groups in total. The first-order chi connectivity index (χ1) is 5.34. The van der Waals surface area contributed by atoms with Crippen molar-refractivity contribution in [3.63, 3.8) is 0 Å². The van der Waals surface area contributed by atoms with Gasteiger partial charge in [-0.1, -0.05) is 18.2 Å². The standard InChI is InChI=1S/C9H12O2.H3N/c10-7-3-5-8-4-1-2-6-9(8)11;/h1-2,4,6,10-11H,3,5,7H2;1H3. The maximum atomic E-state index is 9.26. The molecule has 0 amide bonds. The molecule has 0 aliphatic heterocycles. The number of rotatable bonds is 3. The van der Waals surface area contributed by atoms with Gasteiger partial charge >= 0.3 is 0 Å². The number of hydrogen-bond acceptors (Lipinski definition) is 3. The van der Waals surface area contributed by atoms with Gasteiger partial charge in [0.05, 0.1) is 0 Å². The van der Waals surface area contributed by atoms with Crippen LogP contribution in [0.1, 0.15) is 12.0 Å². The van der Waals surface area contributed by atoms with Crippen LogP contribution in [0, 0.1) is 0 Å². The second-order valence-corrected chi connectivity index (χ2v) is 2.46. The summed E-state index contributed by atoms with van der Waals surface area (Å²) in [5, 5.41) is 17.8.